The Hall–Kier alpha value is -1.39. The van der Waals surface area contributed by atoms with Gasteiger partial charge in [0.05, 0.1) is 5.16 Å². The van der Waals surface area contributed by atoms with Crippen molar-refractivity contribution in [2.75, 3.05) is 5.73 Å². The van der Waals surface area contributed by atoms with Crippen LogP contribution < -0.4 is 5.73 Å². The molecule has 0 atom stereocenters. The normalized spacial score (nSPS) is 9.46. The standard InChI is InChI=1S/C7H3F3N2S/c8-3-1-4(9)7(12-2-13)5(10)6(3)11/h1H,11H2. The van der Waals surface area contributed by atoms with Gasteiger partial charge in [-0.3, -0.25) is 0 Å². The van der Waals surface area contributed by atoms with Gasteiger partial charge in [-0.25, -0.2) is 13.2 Å². The van der Waals surface area contributed by atoms with Crippen molar-refractivity contribution < 1.29 is 13.2 Å². The minimum Gasteiger partial charge on any atom is -0.394 e. The molecule has 0 aliphatic rings. The zero-order valence-electron chi connectivity index (χ0n) is 6.14. The number of rotatable bonds is 1. The van der Waals surface area contributed by atoms with Gasteiger partial charge >= 0.3 is 0 Å². The van der Waals surface area contributed by atoms with Crippen LogP contribution in [0.4, 0.5) is 24.5 Å². The monoisotopic (exact) mass is 204 g/mol. The van der Waals surface area contributed by atoms with Crippen LogP contribution in [0.2, 0.25) is 0 Å². The van der Waals surface area contributed by atoms with E-state index in [1.807, 2.05) is 0 Å². The maximum atomic E-state index is 12.9. The fraction of sp³-hybridized carbons (Fsp3) is 0. The highest BCUT2D eigenvalue weighted by molar-refractivity contribution is 7.78. The van der Waals surface area contributed by atoms with E-state index in [1.165, 1.54) is 0 Å². The molecule has 2 nitrogen and oxygen atoms in total. The second-order valence-electron chi connectivity index (χ2n) is 2.12. The van der Waals surface area contributed by atoms with E-state index in [9.17, 15) is 13.2 Å². The van der Waals surface area contributed by atoms with E-state index in [4.69, 9.17) is 5.73 Å². The molecule has 2 N–H and O–H groups in total. The lowest BCUT2D eigenvalue weighted by atomic mass is 10.2. The number of aliphatic imine (C=N–C) groups is 1. The maximum Gasteiger partial charge on any atom is 0.178 e. The van der Waals surface area contributed by atoms with E-state index in [1.54, 1.807) is 5.16 Å². The van der Waals surface area contributed by atoms with E-state index >= 15 is 0 Å². The van der Waals surface area contributed by atoms with Gasteiger partial charge in [-0.1, -0.05) is 0 Å². The fourth-order valence-electron chi connectivity index (χ4n) is 0.743. The number of nitrogen functional groups attached to an aromatic ring is 1. The van der Waals surface area contributed by atoms with Crippen molar-refractivity contribution in [1.29, 1.82) is 0 Å². The first-order valence-corrected chi connectivity index (χ1v) is 3.49. The summed E-state index contributed by atoms with van der Waals surface area (Å²) in [6, 6.07) is 0.434. The van der Waals surface area contributed by atoms with Gasteiger partial charge in [0.15, 0.2) is 17.5 Å². The van der Waals surface area contributed by atoms with Crippen molar-refractivity contribution >= 4 is 28.8 Å². The molecule has 0 saturated carbocycles. The third-order valence-electron chi connectivity index (χ3n) is 1.34. The summed E-state index contributed by atoms with van der Waals surface area (Å²) in [5, 5.41) is 1.76. The SMILES string of the molecule is Nc1c(F)cc(F)c(N=C=S)c1F. The average Bonchev–Trinajstić information content (AvgIpc) is 2.09. The topological polar surface area (TPSA) is 38.4 Å². The Bertz CT molecular complexity index is 399. The summed E-state index contributed by atoms with van der Waals surface area (Å²) in [6.07, 6.45) is 0. The number of thiocarbonyl (C=S) groups is 1. The molecule has 0 aromatic heterocycles. The number of benzene rings is 1. The lowest BCUT2D eigenvalue weighted by molar-refractivity contribution is 0.553. The van der Waals surface area contributed by atoms with E-state index < -0.39 is 28.8 Å². The summed E-state index contributed by atoms with van der Waals surface area (Å²) in [6.45, 7) is 0. The van der Waals surface area contributed by atoms with Crippen molar-refractivity contribution in [2.45, 2.75) is 0 Å². The van der Waals surface area contributed by atoms with Gasteiger partial charge < -0.3 is 5.73 Å². The molecule has 13 heavy (non-hydrogen) atoms. The van der Waals surface area contributed by atoms with Gasteiger partial charge in [0.25, 0.3) is 0 Å². The molecule has 0 aliphatic carbocycles. The van der Waals surface area contributed by atoms with Gasteiger partial charge in [0.2, 0.25) is 0 Å². The van der Waals surface area contributed by atoms with Crippen LogP contribution in [0.5, 0.6) is 0 Å². The Kier molecular flexibility index (Phi) is 2.65. The minimum atomic E-state index is -1.27. The maximum absolute atomic E-state index is 12.9. The Morgan fingerprint density at radius 1 is 1.31 bits per heavy atom. The molecule has 0 bridgehead atoms. The van der Waals surface area contributed by atoms with Crippen LogP contribution in [0.25, 0.3) is 0 Å². The molecule has 1 aromatic carbocycles. The number of nitrogens with zero attached hydrogens (tertiary/aromatic N) is 1. The molecule has 1 rings (SSSR count). The number of hydrogen-bond donors (Lipinski definition) is 1. The first-order valence-electron chi connectivity index (χ1n) is 3.08. The summed E-state index contributed by atoms with van der Waals surface area (Å²) >= 11 is 4.14. The molecule has 1 aromatic rings. The highest BCUT2D eigenvalue weighted by Gasteiger charge is 2.15. The van der Waals surface area contributed by atoms with Crippen LogP contribution in [0.15, 0.2) is 11.1 Å². The van der Waals surface area contributed by atoms with Crippen LogP contribution >= 0.6 is 12.2 Å². The molecule has 0 amide bonds. The smallest absolute Gasteiger partial charge is 0.178 e. The average molecular weight is 204 g/mol. The molecule has 0 unspecified atom stereocenters. The molecule has 0 aliphatic heterocycles. The lowest BCUT2D eigenvalue weighted by Crippen LogP contribution is -1.97. The quantitative estimate of drug-likeness (QED) is 0.433. The number of halogens is 3. The third-order valence-corrected chi connectivity index (χ3v) is 1.43. The number of nitrogens with two attached hydrogens (primary N) is 1. The van der Waals surface area contributed by atoms with Crippen LogP contribution in [0.3, 0.4) is 0 Å². The van der Waals surface area contributed by atoms with Gasteiger partial charge in [0.1, 0.15) is 11.4 Å². The molecule has 0 heterocycles. The predicted molar refractivity (Wildman–Crippen MR) is 45.4 cm³/mol. The Labute approximate surface area is 76.9 Å². The summed E-state index contributed by atoms with van der Waals surface area (Å²) in [4.78, 5) is 3.08. The molecule has 0 fully saturated rings. The van der Waals surface area contributed by atoms with Gasteiger partial charge in [0, 0.05) is 6.07 Å². The van der Waals surface area contributed by atoms with Crippen molar-refractivity contribution in [3.05, 3.63) is 23.5 Å². The fourth-order valence-corrected chi connectivity index (χ4v) is 0.834. The Morgan fingerprint density at radius 2 is 1.92 bits per heavy atom. The van der Waals surface area contributed by atoms with Gasteiger partial charge in [-0.2, -0.15) is 4.99 Å². The molecule has 0 spiro atoms. The zero-order valence-corrected chi connectivity index (χ0v) is 6.96. The number of anilines is 1. The minimum absolute atomic E-state index is 0.434. The van der Waals surface area contributed by atoms with Crippen LogP contribution in [-0.4, -0.2) is 5.16 Å². The zero-order chi connectivity index (χ0) is 10.0. The summed E-state index contributed by atoms with van der Waals surface area (Å²) < 4.78 is 38.3. The number of hydrogen-bond acceptors (Lipinski definition) is 3. The van der Waals surface area contributed by atoms with E-state index in [2.05, 4.69) is 17.2 Å². The first-order chi connectivity index (χ1) is 6.07. The second kappa shape index (κ2) is 3.55. The van der Waals surface area contributed by atoms with Gasteiger partial charge in [-0.15, -0.1) is 0 Å². The van der Waals surface area contributed by atoms with E-state index in [0.717, 1.165) is 0 Å². The van der Waals surface area contributed by atoms with E-state index in [0.29, 0.717) is 6.07 Å². The number of isothiocyanates is 1. The lowest BCUT2D eigenvalue weighted by Gasteiger charge is -2.01. The van der Waals surface area contributed by atoms with Crippen LogP contribution in [-0.2, 0) is 0 Å². The van der Waals surface area contributed by atoms with Crippen molar-refractivity contribution in [2.24, 2.45) is 4.99 Å². The molecular weight excluding hydrogens is 201 g/mol. The molecular formula is C7H3F3N2S. The van der Waals surface area contributed by atoms with Gasteiger partial charge in [-0.05, 0) is 12.2 Å². The predicted octanol–water partition coefficient (Wildman–Crippen LogP) is 2.42. The van der Waals surface area contributed by atoms with E-state index in [-0.39, 0.29) is 0 Å². The highest BCUT2D eigenvalue weighted by atomic mass is 32.1. The second-order valence-corrected chi connectivity index (χ2v) is 2.30. The molecule has 6 heteroatoms. The summed E-state index contributed by atoms with van der Waals surface area (Å²) in [5.41, 5.74) is 3.43. The van der Waals surface area contributed by atoms with Crippen molar-refractivity contribution in [3.8, 4) is 0 Å². The molecule has 0 radical (unpaired) electrons. The van der Waals surface area contributed by atoms with Crippen LogP contribution in [0.1, 0.15) is 0 Å². The Morgan fingerprint density at radius 3 is 2.46 bits per heavy atom. The highest BCUT2D eigenvalue weighted by Crippen LogP contribution is 2.28. The largest absolute Gasteiger partial charge is 0.394 e. The summed E-state index contributed by atoms with van der Waals surface area (Å²) in [5.74, 6) is -3.60. The first kappa shape index (κ1) is 9.70. The molecule has 68 valence electrons. The molecule has 0 saturated heterocycles. The van der Waals surface area contributed by atoms with Crippen LogP contribution in [0, 0.1) is 17.5 Å². The Balaban J connectivity index is 3.52. The van der Waals surface area contributed by atoms with Crippen molar-refractivity contribution in [1.82, 2.24) is 0 Å². The third kappa shape index (κ3) is 1.68. The summed E-state index contributed by atoms with van der Waals surface area (Å²) in [7, 11) is 0. The van der Waals surface area contributed by atoms with Crippen molar-refractivity contribution in [3.63, 3.8) is 0 Å².